The highest BCUT2D eigenvalue weighted by atomic mass is 32.1. The zero-order chi connectivity index (χ0) is 18.4. The molecule has 1 amide bonds. The molecule has 0 fully saturated rings. The summed E-state index contributed by atoms with van der Waals surface area (Å²) in [5, 5.41) is 12.5. The molecule has 0 aromatic carbocycles. The lowest BCUT2D eigenvalue weighted by molar-refractivity contribution is -0.146. The van der Waals surface area contributed by atoms with E-state index in [0.717, 1.165) is 17.7 Å². The van der Waals surface area contributed by atoms with E-state index in [9.17, 15) is 19.5 Å². The fourth-order valence-corrected chi connectivity index (χ4v) is 4.00. The summed E-state index contributed by atoms with van der Waals surface area (Å²) in [6, 6.07) is 1.75. The van der Waals surface area contributed by atoms with Gasteiger partial charge in [0.25, 0.3) is 0 Å². The van der Waals surface area contributed by atoms with E-state index < -0.39 is 23.8 Å². The molecule has 6 nitrogen and oxygen atoms in total. The molecule has 1 aliphatic carbocycles. The van der Waals surface area contributed by atoms with E-state index in [1.165, 1.54) is 11.3 Å². The first-order valence-electron chi connectivity index (χ1n) is 8.46. The predicted molar refractivity (Wildman–Crippen MR) is 95.9 cm³/mol. The van der Waals surface area contributed by atoms with Crippen LogP contribution in [-0.4, -0.2) is 29.6 Å². The molecule has 2 unspecified atom stereocenters. The van der Waals surface area contributed by atoms with Crippen molar-refractivity contribution in [3.63, 3.8) is 0 Å². The average Bonchev–Trinajstić information content (AvgIpc) is 2.98. The molecule has 2 N–H and O–H groups in total. The molecule has 0 saturated carbocycles. The van der Waals surface area contributed by atoms with Gasteiger partial charge in [0.1, 0.15) is 5.00 Å². The SMILES string of the molecule is CCCc1cc(C(=O)OCC)c(NC(=O)C2CC=CCC2C(=O)O)s1. The van der Waals surface area contributed by atoms with E-state index in [4.69, 9.17) is 4.74 Å². The maximum Gasteiger partial charge on any atom is 0.341 e. The number of hydrogen-bond donors (Lipinski definition) is 2. The number of rotatable bonds is 7. The van der Waals surface area contributed by atoms with Gasteiger partial charge in [-0.1, -0.05) is 25.5 Å². The number of aryl methyl sites for hydroxylation is 1. The molecule has 1 aromatic rings. The highest BCUT2D eigenvalue weighted by Crippen LogP contribution is 2.32. The Kier molecular flexibility index (Phi) is 6.75. The monoisotopic (exact) mass is 365 g/mol. The summed E-state index contributed by atoms with van der Waals surface area (Å²) in [4.78, 5) is 37.1. The first kappa shape index (κ1) is 19.2. The quantitative estimate of drug-likeness (QED) is 0.570. The molecule has 0 bridgehead atoms. The van der Waals surface area contributed by atoms with Crippen LogP contribution in [0.15, 0.2) is 18.2 Å². The maximum absolute atomic E-state index is 12.6. The lowest BCUT2D eigenvalue weighted by atomic mass is 9.82. The number of anilines is 1. The standard InChI is InChI=1S/C18H23NO5S/c1-3-7-11-10-14(18(23)24-4-2)16(25-11)19-15(20)12-8-5-6-9-13(12)17(21)22/h5-6,10,12-13H,3-4,7-9H2,1-2H3,(H,19,20)(H,21,22). The number of carboxylic acids is 1. The van der Waals surface area contributed by atoms with Crippen LogP contribution in [0.5, 0.6) is 0 Å². The van der Waals surface area contributed by atoms with Crippen LogP contribution in [0.2, 0.25) is 0 Å². The third-order valence-corrected chi connectivity index (χ3v) is 5.21. The van der Waals surface area contributed by atoms with E-state index in [1.807, 2.05) is 13.0 Å². The lowest BCUT2D eigenvalue weighted by Gasteiger charge is -2.24. The number of nitrogens with one attached hydrogen (secondary N) is 1. The van der Waals surface area contributed by atoms with Crippen molar-refractivity contribution >= 4 is 34.2 Å². The summed E-state index contributed by atoms with van der Waals surface area (Å²) in [6.45, 7) is 4.01. The second-order valence-corrected chi connectivity index (χ2v) is 7.05. The first-order chi connectivity index (χ1) is 12.0. The normalized spacial score (nSPS) is 19.4. The van der Waals surface area contributed by atoms with Crippen LogP contribution in [0.1, 0.15) is 48.3 Å². The second kappa shape index (κ2) is 8.80. The van der Waals surface area contributed by atoms with Crippen molar-refractivity contribution in [1.29, 1.82) is 0 Å². The van der Waals surface area contributed by atoms with E-state index in [0.29, 0.717) is 23.4 Å². The van der Waals surface area contributed by atoms with Gasteiger partial charge in [-0.2, -0.15) is 0 Å². The smallest absolute Gasteiger partial charge is 0.341 e. The van der Waals surface area contributed by atoms with Crippen LogP contribution >= 0.6 is 11.3 Å². The predicted octanol–water partition coefficient (Wildman–Crippen LogP) is 3.48. The van der Waals surface area contributed by atoms with Gasteiger partial charge in [0.15, 0.2) is 0 Å². The summed E-state index contributed by atoms with van der Waals surface area (Å²) in [5.41, 5.74) is 0.335. The summed E-state index contributed by atoms with van der Waals surface area (Å²) >= 11 is 1.34. The lowest BCUT2D eigenvalue weighted by Crippen LogP contribution is -2.34. The van der Waals surface area contributed by atoms with Crippen molar-refractivity contribution < 1.29 is 24.2 Å². The number of amides is 1. The van der Waals surface area contributed by atoms with Crippen molar-refractivity contribution in [2.24, 2.45) is 11.8 Å². The van der Waals surface area contributed by atoms with Gasteiger partial charge in [-0.05, 0) is 32.3 Å². The summed E-state index contributed by atoms with van der Waals surface area (Å²) in [6.07, 6.45) is 6.06. The number of carbonyl (C=O) groups is 3. The molecule has 136 valence electrons. The Hall–Kier alpha value is -2.15. The molecule has 0 radical (unpaired) electrons. The first-order valence-corrected chi connectivity index (χ1v) is 9.28. The van der Waals surface area contributed by atoms with Crippen molar-refractivity contribution in [2.75, 3.05) is 11.9 Å². The van der Waals surface area contributed by atoms with Crippen LogP contribution in [0, 0.1) is 11.8 Å². The van der Waals surface area contributed by atoms with Crippen LogP contribution < -0.4 is 5.32 Å². The van der Waals surface area contributed by atoms with Gasteiger partial charge >= 0.3 is 11.9 Å². The molecule has 0 saturated heterocycles. The fourth-order valence-electron chi connectivity index (χ4n) is 2.85. The van der Waals surface area contributed by atoms with Crippen LogP contribution in [0.3, 0.4) is 0 Å². The zero-order valence-electron chi connectivity index (χ0n) is 14.4. The zero-order valence-corrected chi connectivity index (χ0v) is 15.2. The Bertz CT molecular complexity index is 679. The topological polar surface area (TPSA) is 92.7 Å². The Morgan fingerprint density at radius 1 is 1.24 bits per heavy atom. The van der Waals surface area contributed by atoms with E-state index >= 15 is 0 Å². The van der Waals surface area contributed by atoms with E-state index in [1.54, 1.807) is 19.1 Å². The van der Waals surface area contributed by atoms with Crippen LogP contribution in [-0.2, 0) is 20.7 Å². The molecule has 0 spiro atoms. The van der Waals surface area contributed by atoms with Crippen molar-refractivity contribution in [3.8, 4) is 0 Å². The van der Waals surface area contributed by atoms with Gasteiger partial charge < -0.3 is 15.2 Å². The van der Waals surface area contributed by atoms with E-state index in [-0.39, 0.29) is 12.5 Å². The Morgan fingerprint density at radius 3 is 2.52 bits per heavy atom. The number of aliphatic carboxylic acids is 1. The minimum absolute atomic E-state index is 0.250. The molecule has 1 heterocycles. The van der Waals surface area contributed by atoms with Crippen LogP contribution in [0.25, 0.3) is 0 Å². The number of hydrogen-bond acceptors (Lipinski definition) is 5. The van der Waals surface area contributed by atoms with Gasteiger partial charge in [0.05, 0.1) is 24.0 Å². The number of ether oxygens (including phenoxy) is 1. The molecule has 1 aromatic heterocycles. The number of esters is 1. The maximum atomic E-state index is 12.6. The Labute approximate surface area is 150 Å². The molecule has 2 atom stereocenters. The highest BCUT2D eigenvalue weighted by molar-refractivity contribution is 7.16. The Balaban J connectivity index is 2.22. The van der Waals surface area contributed by atoms with Gasteiger partial charge in [-0.15, -0.1) is 11.3 Å². The highest BCUT2D eigenvalue weighted by Gasteiger charge is 2.34. The third-order valence-electron chi connectivity index (χ3n) is 4.10. The second-order valence-electron chi connectivity index (χ2n) is 5.91. The molecular formula is C18H23NO5S. The minimum atomic E-state index is -0.979. The summed E-state index contributed by atoms with van der Waals surface area (Å²) in [5.74, 6) is -3.21. The molecule has 25 heavy (non-hydrogen) atoms. The average molecular weight is 365 g/mol. The molecule has 2 rings (SSSR count). The molecule has 0 aliphatic heterocycles. The van der Waals surface area contributed by atoms with E-state index in [2.05, 4.69) is 5.32 Å². The minimum Gasteiger partial charge on any atom is -0.481 e. The number of allylic oxidation sites excluding steroid dienone is 2. The Morgan fingerprint density at radius 2 is 1.92 bits per heavy atom. The third kappa shape index (κ3) is 4.69. The number of carbonyl (C=O) groups excluding carboxylic acids is 2. The van der Waals surface area contributed by atoms with Crippen molar-refractivity contribution in [3.05, 3.63) is 28.7 Å². The van der Waals surface area contributed by atoms with Gasteiger partial charge in [0.2, 0.25) is 5.91 Å². The summed E-state index contributed by atoms with van der Waals surface area (Å²) < 4.78 is 5.06. The number of carboxylic acid groups (broad SMARTS) is 1. The van der Waals surface area contributed by atoms with Gasteiger partial charge in [-0.3, -0.25) is 9.59 Å². The van der Waals surface area contributed by atoms with Gasteiger partial charge in [0, 0.05) is 4.88 Å². The fraction of sp³-hybridized carbons (Fsp3) is 0.500. The van der Waals surface area contributed by atoms with Gasteiger partial charge in [-0.25, -0.2) is 4.79 Å². The largest absolute Gasteiger partial charge is 0.481 e. The molecule has 1 aliphatic rings. The van der Waals surface area contributed by atoms with Crippen LogP contribution in [0.4, 0.5) is 5.00 Å². The molecular weight excluding hydrogens is 342 g/mol. The number of thiophene rings is 1. The van der Waals surface area contributed by atoms with Crippen molar-refractivity contribution in [2.45, 2.75) is 39.5 Å². The molecule has 7 heteroatoms. The van der Waals surface area contributed by atoms with Crippen molar-refractivity contribution in [1.82, 2.24) is 0 Å². The summed E-state index contributed by atoms with van der Waals surface area (Å²) in [7, 11) is 0.